The van der Waals surface area contributed by atoms with Crippen molar-refractivity contribution in [2.45, 2.75) is 19.4 Å². The average molecular weight is 307 g/mol. The molecule has 1 N–H and O–H groups in total. The van der Waals surface area contributed by atoms with Gasteiger partial charge in [0.1, 0.15) is 0 Å². The maximum Gasteiger partial charge on any atom is 0.226 e. The van der Waals surface area contributed by atoms with E-state index in [1.54, 1.807) is 35.6 Å². The van der Waals surface area contributed by atoms with E-state index in [0.29, 0.717) is 5.69 Å². The zero-order valence-corrected chi connectivity index (χ0v) is 12.8. The van der Waals surface area contributed by atoms with Gasteiger partial charge in [-0.1, -0.05) is 24.3 Å². The fourth-order valence-corrected chi connectivity index (χ4v) is 2.74. The first kappa shape index (κ1) is 15.0. The van der Waals surface area contributed by atoms with Crippen molar-refractivity contribution in [3.05, 3.63) is 66.1 Å². The van der Waals surface area contributed by atoms with Crippen LogP contribution in [0.25, 0.3) is 6.08 Å². The Balaban J connectivity index is 1.82. The van der Waals surface area contributed by atoms with E-state index in [4.69, 9.17) is 0 Å². The normalized spacial score (nSPS) is 15.9. The Labute approximate surface area is 134 Å². The molecule has 0 aliphatic carbocycles. The van der Waals surface area contributed by atoms with Crippen LogP contribution in [0, 0.1) is 0 Å². The van der Waals surface area contributed by atoms with Gasteiger partial charge in [-0.05, 0) is 29.3 Å². The van der Waals surface area contributed by atoms with Crippen LogP contribution in [-0.2, 0) is 9.59 Å². The lowest BCUT2D eigenvalue weighted by molar-refractivity contribution is -0.129. The van der Waals surface area contributed by atoms with Crippen molar-refractivity contribution in [3.63, 3.8) is 0 Å². The third kappa shape index (κ3) is 3.29. The molecule has 0 saturated carbocycles. The van der Waals surface area contributed by atoms with Crippen LogP contribution in [0.1, 0.15) is 30.5 Å². The molecule has 0 unspecified atom stereocenters. The van der Waals surface area contributed by atoms with Crippen molar-refractivity contribution in [1.29, 1.82) is 0 Å². The molecule has 116 valence electrons. The minimum absolute atomic E-state index is 0.0857. The molecular formula is C18H17N3O2. The molecule has 1 aromatic carbocycles. The summed E-state index contributed by atoms with van der Waals surface area (Å²) in [4.78, 5) is 29.8. The smallest absolute Gasteiger partial charge is 0.226 e. The highest BCUT2D eigenvalue weighted by atomic mass is 16.2. The molecule has 2 amide bonds. The van der Waals surface area contributed by atoms with Crippen LogP contribution in [0.4, 0.5) is 5.69 Å². The molecule has 3 rings (SSSR count). The van der Waals surface area contributed by atoms with Gasteiger partial charge < -0.3 is 10.2 Å². The lowest BCUT2D eigenvalue weighted by atomic mass is 9.93. The molecule has 0 spiro atoms. The summed E-state index contributed by atoms with van der Waals surface area (Å²) in [7, 11) is 0. The second kappa shape index (κ2) is 6.44. The van der Waals surface area contributed by atoms with E-state index >= 15 is 0 Å². The monoisotopic (exact) mass is 307 g/mol. The Kier molecular flexibility index (Phi) is 4.19. The van der Waals surface area contributed by atoms with Crippen LogP contribution in [-0.4, -0.2) is 21.7 Å². The van der Waals surface area contributed by atoms with Gasteiger partial charge in [0.15, 0.2) is 0 Å². The largest absolute Gasteiger partial charge is 0.326 e. The summed E-state index contributed by atoms with van der Waals surface area (Å²) in [5, 5.41) is 2.84. The summed E-state index contributed by atoms with van der Waals surface area (Å²) in [6.07, 6.45) is 7.08. The number of fused-ring (bicyclic) bond motifs is 1. The zero-order chi connectivity index (χ0) is 16.2. The quantitative estimate of drug-likeness (QED) is 0.948. The predicted molar refractivity (Wildman–Crippen MR) is 88.2 cm³/mol. The van der Waals surface area contributed by atoms with Gasteiger partial charge in [-0.2, -0.15) is 0 Å². The van der Waals surface area contributed by atoms with Crippen LogP contribution >= 0.6 is 0 Å². The SMILES string of the molecule is CC(=O)N1C=Cc2ccccc2[C@H]1CC(=O)Nc1ccncc1. The topological polar surface area (TPSA) is 62.3 Å². The molecule has 5 heteroatoms. The minimum atomic E-state index is -0.296. The van der Waals surface area contributed by atoms with E-state index in [0.717, 1.165) is 11.1 Å². The Bertz CT molecular complexity index is 756. The Hall–Kier alpha value is -2.95. The molecular weight excluding hydrogens is 290 g/mol. The van der Waals surface area contributed by atoms with E-state index in [2.05, 4.69) is 10.3 Å². The second-order valence-corrected chi connectivity index (χ2v) is 5.37. The maximum absolute atomic E-state index is 12.4. The van der Waals surface area contributed by atoms with Crippen LogP contribution in [0.5, 0.6) is 0 Å². The van der Waals surface area contributed by atoms with E-state index in [1.807, 2.05) is 30.3 Å². The first-order valence-electron chi connectivity index (χ1n) is 7.41. The summed E-state index contributed by atoms with van der Waals surface area (Å²) in [5.74, 6) is -0.227. The van der Waals surface area contributed by atoms with Gasteiger partial charge in [0.05, 0.1) is 12.5 Å². The molecule has 0 fully saturated rings. The second-order valence-electron chi connectivity index (χ2n) is 5.37. The van der Waals surface area contributed by atoms with Gasteiger partial charge in [-0.3, -0.25) is 14.6 Å². The molecule has 1 aliphatic rings. The number of benzene rings is 1. The molecule has 0 bridgehead atoms. The minimum Gasteiger partial charge on any atom is -0.326 e. The summed E-state index contributed by atoms with van der Waals surface area (Å²) in [6.45, 7) is 1.51. The van der Waals surface area contributed by atoms with Crippen molar-refractivity contribution < 1.29 is 9.59 Å². The van der Waals surface area contributed by atoms with Crippen LogP contribution in [0.3, 0.4) is 0 Å². The Morgan fingerprint density at radius 2 is 1.91 bits per heavy atom. The van der Waals surface area contributed by atoms with Crippen molar-refractivity contribution >= 4 is 23.6 Å². The zero-order valence-electron chi connectivity index (χ0n) is 12.8. The van der Waals surface area contributed by atoms with Gasteiger partial charge in [0.2, 0.25) is 11.8 Å². The Morgan fingerprint density at radius 1 is 1.17 bits per heavy atom. The number of rotatable bonds is 3. The number of pyridine rings is 1. The van der Waals surface area contributed by atoms with Gasteiger partial charge in [-0.15, -0.1) is 0 Å². The average Bonchev–Trinajstić information content (AvgIpc) is 2.55. The number of hydrogen-bond acceptors (Lipinski definition) is 3. The molecule has 5 nitrogen and oxygen atoms in total. The summed E-state index contributed by atoms with van der Waals surface area (Å²) < 4.78 is 0. The number of aromatic nitrogens is 1. The number of carbonyl (C=O) groups excluding carboxylic acids is 2. The molecule has 1 aromatic heterocycles. The van der Waals surface area contributed by atoms with Crippen molar-refractivity contribution in [2.75, 3.05) is 5.32 Å². The third-order valence-electron chi connectivity index (χ3n) is 3.81. The highest BCUT2D eigenvalue weighted by Crippen LogP contribution is 2.33. The molecule has 23 heavy (non-hydrogen) atoms. The van der Waals surface area contributed by atoms with Crippen LogP contribution in [0.2, 0.25) is 0 Å². The number of hydrogen-bond donors (Lipinski definition) is 1. The van der Waals surface area contributed by atoms with Crippen molar-refractivity contribution in [1.82, 2.24) is 9.88 Å². The van der Waals surface area contributed by atoms with Crippen LogP contribution < -0.4 is 5.32 Å². The lowest BCUT2D eigenvalue weighted by Crippen LogP contribution is -2.33. The summed E-state index contributed by atoms with van der Waals surface area (Å²) in [5.41, 5.74) is 2.71. The molecule has 1 aliphatic heterocycles. The van der Waals surface area contributed by atoms with Crippen LogP contribution in [0.15, 0.2) is 55.0 Å². The van der Waals surface area contributed by atoms with Gasteiger partial charge in [0, 0.05) is 31.2 Å². The van der Waals surface area contributed by atoms with Gasteiger partial charge >= 0.3 is 0 Å². The predicted octanol–water partition coefficient (Wildman–Crippen LogP) is 2.98. The molecule has 2 heterocycles. The number of anilines is 1. The first-order valence-corrected chi connectivity index (χ1v) is 7.41. The van der Waals surface area contributed by atoms with Gasteiger partial charge in [0.25, 0.3) is 0 Å². The van der Waals surface area contributed by atoms with Crippen molar-refractivity contribution in [2.24, 2.45) is 0 Å². The maximum atomic E-state index is 12.4. The Morgan fingerprint density at radius 3 is 2.65 bits per heavy atom. The van der Waals surface area contributed by atoms with E-state index in [-0.39, 0.29) is 24.3 Å². The van der Waals surface area contributed by atoms with Gasteiger partial charge in [-0.25, -0.2) is 0 Å². The third-order valence-corrected chi connectivity index (χ3v) is 3.81. The molecule has 2 aromatic rings. The number of nitrogens with one attached hydrogen (secondary N) is 1. The summed E-state index contributed by atoms with van der Waals surface area (Å²) >= 11 is 0. The highest BCUT2D eigenvalue weighted by molar-refractivity contribution is 5.92. The fraction of sp³-hybridized carbons (Fsp3) is 0.167. The number of carbonyl (C=O) groups is 2. The number of amides is 2. The number of nitrogens with zero attached hydrogens (tertiary/aromatic N) is 2. The molecule has 0 radical (unpaired) electrons. The highest BCUT2D eigenvalue weighted by Gasteiger charge is 2.28. The standard InChI is InChI=1S/C18H17N3O2/c1-13(22)21-11-8-14-4-2-3-5-16(14)17(21)12-18(23)20-15-6-9-19-10-7-15/h2-11,17H,12H2,1H3,(H,19,20,23)/t17-/m1/s1. The lowest BCUT2D eigenvalue weighted by Gasteiger charge is -2.32. The first-order chi connectivity index (χ1) is 11.1. The van der Waals surface area contributed by atoms with E-state index in [1.165, 1.54) is 6.92 Å². The fourth-order valence-electron chi connectivity index (χ4n) is 2.74. The summed E-state index contributed by atoms with van der Waals surface area (Å²) in [6, 6.07) is 11.0. The van der Waals surface area contributed by atoms with E-state index in [9.17, 15) is 9.59 Å². The van der Waals surface area contributed by atoms with Crippen molar-refractivity contribution in [3.8, 4) is 0 Å². The molecule has 1 atom stereocenters. The van der Waals surface area contributed by atoms with E-state index < -0.39 is 0 Å². The molecule has 0 saturated heterocycles.